The number of aryl methyl sites for hydroxylation is 1. The number of carbonyl (C=O) groups excluding carboxylic acids is 1. The second kappa shape index (κ2) is 9.97. The minimum atomic E-state index is -1.14. The number of likely N-dealkylation sites (N-methyl/N-ethyl adjacent to an activating group) is 1. The van der Waals surface area contributed by atoms with Crippen LogP contribution in [0.15, 0.2) is 46.7 Å². The quantitative estimate of drug-likeness (QED) is 0.471. The molecule has 3 atom stereocenters. The van der Waals surface area contributed by atoms with Gasteiger partial charge in [0.15, 0.2) is 6.29 Å². The SMILES string of the molecule is CNC1C=CNC(C=O)=C1C=NC(C)c1ccc(CC(C)CC(C)(C)F)c(C)c1. The summed E-state index contributed by atoms with van der Waals surface area (Å²) in [6.07, 6.45) is 7.74. The number of dihydropyridines is 1. The van der Waals surface area contributed by atoms with Crippen molar-refractivity contribution in [1.82, 2.24) is 10.6 Å². The van der Waals surface area contributed by atoms with Gasteiger partial charge >= 0.3 is 0 Å². The fourth-order valence-electron chi connectivity index (χ4n) is 3.85. The van der Waals surface area contributed by atoms with Crippen LogP contribution in [0.1, 0.15) is 56.8 Å². The van der Waals surface area contributed by atoms with E-state index in [0.29, 0.717) is 12.1 Å². The highest BCUT2D eigenvalue weighted by molar-refractivity contribution is 5.91. The number of aliphatic imine (C=N–C) groups is 1. The predicted octanol–water partition coefficient (Wildman–Crippen LogP) is 4.60. The average Bonchev–Trinajstić information content (AvgIpc) is 2.65. The molecule has 1 aliphatic heterocycles. The zero-order chi connectivity index (χ0) is 21.6. The molecule has 0 radical (unpaired) electrons. The van der Waals surface area contributed by atoms with Gasteiger partial charge in [-0.15, -0.1) is 0 Å². The number of hydrogen-bond donors (Lipinski definition) is 2. The number of halogens is 1. The van der Waals surface area contributed by atoms with Gasteiger partial charge in [-0.25, -0.2) is 4.39 Å². The van der Waals surface area contributed by atoms with Gasteiger partial charge in [0.05, 0.1) is 17.8 Å². The smallest absolute Gasteiger partial charge is 0.166 e. The third kappa shape index (κ3) is 6.64. The number of allylic oxidation sites excluding steroid dienone is 1. The number of nitrogens with zero attached hydrogens (tertiary/aromatic N) is 1. The number of hydrogen-bond acceptors (Lipinski definition) is 4. The Morgan fingerprint density at radius 3 is 2.66 bits per heavy atom. The van der Waals surface area contributed by atoms with Gasteiger partial charge in [-0.2, -0.15) is 0 Å². The fourth-order valence-corrected chi connectivity index (χ4v) is 3.85. The Balaban J connectivity index is 2.12. The van der Waals surface area contributed by atoms with Gasteiger partial charge < -0.3 is 10.6 Å². The first-order valence-electron chi connectivity index (χ1n) is 10.3. The van der Waals surface area contributed by atoms with Gasteiger partial charge in [-0.05, 0) is 82.5 Å². The number of rotatable bonds is 9. The predicted molar refractivity (Wildman–Crippen MR) is 119 cm³/mol. The highest BCUT2D eigenvalue weighted by Crippen LogP contribution is 2.26. The number of benzene rings is 1. The molecule has 0 bridgehead atoms. The molecule has 0 aromatic heterocycles. The average molecular weight is 400 g/mol. The van der Waals surface area contributed by atoms with Crippen molar-refractivity contribution in [2.24, 2.45) is 10.9 Å². The summed E-state index contributed by atoms with van der Waals surface area (Å²) in [5.74, 6) is 0.286. The van der Waals surface area contributed by atoms with E-state index in [9.17, 15) is 9.18 Å². The Hall–Kier alpha value is -2.27. The molecule has 1 aliphatic rings. The van der Waals surface area contributed by atoms with E-state index in [1.165, 1.54) is 11.1 Å². The highest BCUT2D eigenvalue weighted by Gasteiger charge is 2.20. The summed E-state index contributed by atoms with van der Waals surface area (Å²) in [7, 11) is 1.85. The van der Waals surface area contributed by atoms with E-state index in [4.69, 9.17) is 0 Å². The molecule has 5 heteroatoms. The molecule has 0 fully saturated rings. The van der Waals surface area contributed by atoms with E-state index in [1.807, 2.05) is 20.0 Å². The van der Waals surface area contributed by atoms with Crippen molar-refractivity contribution in [2.45, 2.75) is 65.2 Å². The Morgan fingerprint density at radius 1 is 1.34 bits per heavy atom. The molecular formula is C24H34FN3O. The van der Waals surface area contributed by atoms with Crippen LogP contribution in [0.3, 0.4) is 0 Å². The lowest BCUT2D eigenvalue weighted by molar-refractivity contribution is -0.105. The zero-order valence-corrected chi connectivity index (χ0v) is 18.4. The third-order valence-electron chi connectivity index (χ3n) is 5.29. The minimum absolute atomic E-state index is 0.0336. The summed E-state index contributed by atoms with van der Waals surface area (Å²) in [6, 6.07) is 6.32. The van der Waals surface area contributed by atoms with Gasteiger partial charge in [0.2, 0.25) is 0 Å². The molecule has 4 nitrogen and oxygen atoms in total. The summed E-state index contributed by atoms with van der Waals surface area (Å²) in [5.41, 5.74) is 3.79. The maximum absolute atomic E-state index is 13.9. The molecule has 158 valence electrons. The molecule has 2 rings (SSSR count). The van der Waals surface area contributed by atoms with Crippen molar-refractivity contribution < 1.29 is 9.18 Å². The van der Waals surface area contributed by atoms with Crippen molar-refractivity contribution in [1.29, 1.82) is 0 Å². The first-order chi connectivity index (χ1) is 13.6. The minimum Gasteiger partial charge on any atom is -0.359 e. The fraction of sp³-hybridized carbons (Fsp3) is 0.500. The lowest BCUT2D eigenvalue weighted by atomic mass is 9.88. The number of alkyl halides is 1. The van der Waals surface area contributed by atoms with E-state index in [2.05, 4.69) is 47.7 Å². The number of carbonyl (C=O) groups is 1. The van der Waals surface area contributed by atoms with Gasteiger partial charge in [-0.1, -0.05) is 25.1 Å². The van der Waals surface area contributed by atoms with E-state index in [0.717, 1.165) is 23.8 Å². The Morgan fingerprint density at radius 2 is 2.07 bits per heavy atom. The molecule has 0 saturated carbocycles. The summed E-state index contributed by atoms with van der Waals surface area (Å²) < 4.78 is 13.9. The lowest BCUT2D eigenvalue weighted by Crippen LogP contribution is -2.32. The third-order valence-corrected chi connectivity index (χ3v) is 5.29. The Kier molecular flexibility index (Phi) is 7.91. The van der Waals surface area contributed by atoms with Crippen molar-refractivity contribution in [3.05, 3.63) is 58.4 Å². The second-order valence-corrected chi connectivity index (χ2v) is 8.63. The monoisotopic (exact) mass is 399 g/mol. The van der Waals surface area contributed by atoms with Crippen LogP contribution in [0.25, 0.3) is 0 Å². The topological polar surface area (TPSA) is 53.5 Å². The molecule has 1 heterocycles. The normalized spacial score (nSPS) is 19.3. The van der Waals surface area contributed by atoms with E-state index < -0.39 is 5.67 Å². The van der Waals surface area contributed by atoms with Crippen LogP contribution in [-0.2, 0) is 11.2 Å². The van der Waals surface area contributed by atoms with Crippen molar-refractivity contribution >= 4 is 12.5 Å². The number of aldehydes is 1. The van der Waals surface area contributed by atoms with Crippen LogP contribution in [0.2, 0.25) is 0 Å². The van der Waals surface area contributed by atoms with Crippen molar-refractivity contribution in [3.63, 3.8) is 0 Å². The Bertz CT molecular complexity index is 805. The van der Waals surface area contributed by atoms with Gasteiger partial charge in [-0.3, -0.25) is 9.79 Å². The maximum Gasteiger partial charge on any atom is 0.166 e. The molecule has 0 amide bonds. The maximum atomic E-state index is 13.9. The van der Waals surface area contributed by atoms with Crippen molar-refractivity contribution in [3.8, 4) is 0 Å². The van der Waals surface area contributed by atoms with E-state index in [1.54, 1.807) is 26.3 Å². The van der Waals surface area contributed by atoms with Gasteiger partial charge in [0, 0.05) is 11.8 Å². The van der Waals surface area contributed by atoms with E-state index in [-0.39, 0.29) is 18.0 Å². The summed E-state index contributed by atoms with van der Waals surface area (Å²) in [6.45, 7) is 9.52. The lowest BCUT2D eigenvalue weighted by Gasteiger charge is -2.21. The molecule has 0 spiro atoms. The van der Waals surface area contributed by atoms with Crippen LogP contribution in [0.5, 0.6) is 0 Å². The molecule has 2 N–H and O–H groups in total. The first-order valence-corrected chi connectivity index (χ1v) is 10.3. The molecule has 3 unspecified atom stereocenters. The molecule has 1 aromatic rings. The van der Waals surface area contributed by atoms with Crippen LogP contribution < -0.4 is 10.6 Å². The zero-order valence-electron chi connectivity index (χ0n) is 18.4. The standard InChI is InChI=1S/C24H34FN3O/c1-16(13-24(4,5)25)11-19-7-8-20(12-17(19)2)18(3)28-14-21-22(26-6)9-10-27-23(21)15-29/h7-10,12,14-16,18,22,26-27H,11,13H2,1-6H3. The molecule has 1 aromatic carbocycles. The summed E-state index contributed by atoms with van der Waals surface area (Å²) in [4.78, 5) is 16.0. The molecule has 0 saturated heterocycles. The van der Waals surface area contributed by atoms with E-state index >= 15 is 0 Å². The summed E-state index contributed by atoms with van der Waals surface area (Å²) >= 11 is 0. The van der Waals surface area contributed by atoms with Crippen LogP contribution in [0, 0.1) is 12.8 Å². The Labute approximate surface area is 174 Å². The summed E-state index contributed by atoms with van der Waals surface area (Å²) in [5, 5.41) is 6.14. The van der Waals surface area contributed by atoms with Gasteiger partial charge in [0.1, 0.15) is 5.67 Å². The first kappa shape index (κ1) is 23.0. The van der Waals surface area contributed by atoms with Crippen molar-refractivity contribution in [2.75, 3.05) is 7.05 Å². The van der Waals surface area contributed by atoms with Crippen LogP contribution in [-0.4, -0.2) is 31.3 Å². The van der Waals surface area contributed by atoms with Gasteiger partial charge in [0.25, 0.3) is 0 Å². The largest absolute Gasteiger partial charge is 0.359 e. The molecular weight excluding hydrogens is 365 g/mol. The number of nitrogens with one attached hydrogen (secondary N) is 2. The van der Waals surface area contributed by atoms with Crippen LogP contribution >= 0.6 is 0 Å². The molecule has 0 aliphatic carbocycles. The molecule has 29 heavy (non-hydrogen) atoms. The highest BCUT2D eigenvalue weighted by atomic mass is 19.1. The second-order valence-electron chi connectivity index (χ2n) is 8.63. The van der Waals surface area contributed by atoms with Crippen LogP contribution in [0.4, 0.5) is 4.39 Å².